The van der Waals surface area contributed by atoms with Crippen molar-refractivity contribution < 1.29 is 21.9 Å². The molecule has 0 radical (unpaired) electrons. The van der Waals surface area contributed by atoms with E-state index < -0.39 is 23.0 Å². The highest BCUT2D eigenvalue weighted by atomic mass is 32.2. The van der Waals surface area contributed by atoms with E-state index in [0.29, 0.717) is 23.2 Å². The molecule has 1 aromatic carbocycles. The Morgan fingerprint density at radius 2 is 1.90 bits per heavy atom. The first kappa shape index (κ1) is 17.8. The Balaban J connectivity index is 2.68. The molecule has 0 saturated carbocycles. The third-order valence-electron chi connectivity index (χ3n) is 2.72. The summed E-state index contributed by atoms with van der Waals surface area (Å²) < 4.78 is 54.6. The number of halogens is 2. The number of alkyl halides is 2. The standard InChI is InChI=1S/C13H20F2N2O3S/c1-3-16-8-9-20-11-4-6-12(7-5-11)21(18,19)17(2)10-13(14)15/h4-7,13,16H,3,8-10H2,1-2H3. The normalized spacial score (nSPS) is 12.1. The SMILES string of the molecule is CCNCCOc1ccc(S(=O)(=O)N(C)CC(F)F)cc1. The molecule has 0 saturated heterocycles. The number of hydrogen-bond acceptors (Lipinski definition) is 4. The zero-order chi connectivity index (χ0) is 15.9. The third kappa shape index (κ3) is 5.56. The van der Waals surface area contributed by atoms with Crippen LogP contribution in [-0.4, -0.2) is 52.4 Å². The summed E-state index contributed by atoms with van der Waals surface area (Å²) in [6.07, 6.45) is -2.71. The van der Waals surface area contributed by atoms with Crippen LogP contribution in [-0.2, 0) is 10.0 Å². The molecule has 120 valence electrons. The monoisotopic (exact) mass is 322 g/mol. The van der Waals surface area contributed by atoms with Crippen LogP contribution in [0.3, 0.4) is 0 Å². The highest BCUT2D eigenvalue weighted by Gasteiger charge is 2.23. The lowest BCUT2D eigenvalue weighted by atomic mass is 10.3. The summed E-state index contributed by atoms with van der Waals surface area (Å²) in [5.74, 6) is 0.531. The van der Waals surface area contributed by atoms with Gasteiger partial charge in [0, 0.05) is 13.6 Å². The molecule has 1 N–H and O–H groups in total. The minimum absolute atomic E-state index is 0.0373. The van der Waals surface area contributed by atoms with E-state index >= 15 is 0 Å². The van der Waals surface area contributed by atoms with Crippen LogP contribution in [0.2, 0.25) is 0 Å². The minimum Gasteiger partial charge on any atom is -0.492 e. The summed E-state index contributed by atoms with van der Waals surface area (Å²) in [5.41, 5.74) is 0. The van der Waals surface area contributed by atoms with E-state index in [-0.39, 0.29) is 4.90 Å². The number of likely N-dealkylation sites (N-methyl/N-ethyl adjacent to an activating group) is 1. The number of nitrogens with zero attached hydrogens (tertiary/aromatic N) is 1. The molecule has 8 heteroatoms. The largest absolute Gasteiger partial charge is 0.492 e. The second-order valence-electron chi connectivity index (χ2n) is 4.35. The minimum atomic E-state index is -3.89. The first-order chi connectivity index (χ1) is 9.87. The van der Waals surface area contributed by atoms with Crippen LogP contribution in [0.4, 0.5) is 8.78 Å². The molecule has 0 bridgehead atoms. The third-order valence-corrected chi connectivity index (χ3v) is 4.56. The van der Waals surface area contributed by atoms with Gasteiger partial charge >= 0.3 is 0 Å². The van der Waals surface area contributed by atoms with Crippen LogP contribution in [0.5, 0.6) is 5.75 Å². The van der Waals surface area contributed by atoms with Crippen LogP contribution in [0, 0.1) is 0 Å². The Labute approximate surface area is 124 Å². The van der Waals surface area contributed by atoms with E-state index in [4.69, 9.17) is 4.74 Å². The number of benzene rings is 1. The molecular weight excluding hydrogens is 302 g/mol. The summed E-state index contributed by atoms with van der Waals surface area (Å²) in [6, 6.07) is 5.71. The van der Waals surface area contributed by atoms with Crippen LogP contribution < -0.4 is 10.1 Å². The molecule has 1 aromatic rings. The summed E-state index contributed by atoms with van der Waals surface area (Å²) in [6.45, 7) is 3.15. The van der Waals surface area contributed by atoms with E-state index in [2.05, 4.69) is 5.32 Å². The predicted molar refractivity (Wildman–Crippen MR) is 76.3 cm³/mol. The second-order valence-corrected chi connectivity index (χ2v) is 6.39. The van der Waals surface area contributed by atoms with Crippen LogP contribution in [0.15, 0.2) is 29.2 Å². The fourth-order valence-electron chi connectivity index (χ4n) is 1.60. The molecule has 5 nitrogen and oxygen atoms in total. The van der Waals surface area contributed by atoms with E-state index in [1.807, 2.05) is 6.92 Å². The molecule has 21 heavy (non-hydrogen) atoms. The van der Waals surface area contributed by atoms with Gasteiger partial charge in [0.25, 0.3) is 6.43 Å². The molecule has 0 aromatic heterocycles. The predicted octanol–water partition coefficient (Wildman–Crippen LogP) is 1.56. The average molecular weight is 322 g/mol. The summed E-state index contributed by atoms with van der Waals surface area (Å²) in [5, 5.41) is 3.09. The van der Waals surface area contributed by atoms with Crippen molar-refractivity contribution in [3.8, 4) is 5.75 Å². The number of rotatable bonds is 9. The number of sulfonamides is 1. The molecule has 0 spiro atoms. The Morgan fingerprint density at radius 3 is 2.43 bits per heavy atom. The van der Waals surface area contributed by atoms with Crippen molar-refractivity contribution in [3.63, 3.8) is 0 Å². The maximum Gasteiger partial charge on any atom is 0.252 e. The molecule has 0 aliphatic heterocycles. The Morgan fingerprint density at radius 1 is 1.29 bits per heavy atom. The molecule has 0 fully saturated rings. The van der Waals surface area contributed by atoms with Gasteiger partial charge in [0.05, 0.1) is 11.4 Å². The summed E-state index contributed by atoms with van der Waals surface area (Å²) in [4.78, 5) is -0.0373. The molecule has 0 aliphatic rings. The molecule has 0 atom stereocenters. The smallest absolute Gasteiger partial charge is 0.252 e. The maximum atomic E-state index is 12.3. The highest BCUT2D eigenvalue weighted by Crippen LogP contribution is 2.19. The zero-order valence-corrected chi connectivity index (χ0v) is 12.9. The fraction of sp³-hybridized carbons (Fsp3) is 0.538. The van der Waals surface area contributed by atoms with E-state index in [0.717, 1.165) is 13.6 Å². The van der Waals surface area contributed by atoms with Gasteiger partial charge in [-0.05, 0) is 30.8 Å². The van der Waals surface area contributed by atoms with E-state index in [1.54, 1.807) is 0 Å². The second kappa shape index (κ2) is 8.26. The van der Waals surface area contributed by atoms with Crippen LogP contribution >= 0.6 is 0 Å². The summed E-state index contributed by atoms with van der Waals surface area (Å²) >= 11 is 0. The van der Waals surface area contributed by atoms with Crippen molar-refractivity contribution in [2.75, 3.05) is 33.3 Å². The van der Waals surface area contributed by atoms with Crippen molar-refractivity contribution >= 4 is 10.0 Å². The molecule has 0 unspecified atom stereocenters. The average Bonchev–Trinajstić information content (AvgIpc) is 2.43. The molecular formula is C13H20F2N2O3S. The van der Waals surface area contributed by atoms with Crippen molar-refractivity contribution in [1.29, 1.82) is 0 Å². The van der Waals surface area contributed by atoms with Gasteiger partial charge in [-0.1, -0.05) is 6.92 Å². The lowest BCUT2D eigenvalue weighted by Gasteiger charge is -2.16. The Bertz CT molecular complexity index is 521. The lowest BCUT2D eigenvalue weighted by molar-refractivity contribution is 0.126. The van der Waals surface area contributed by atoms with Gasteiger partial charge in [0.15, 0.2) is 0 Å². The summed E-state index contributed by atoms with van der Waals surface area (Å²) in [7, 11) is -2.77. The van der Waals surface area contributed by atoms with Gasteiger partial charge in [-0.25, -0.2) is 17.2 Å². The van der Waals surface area contributed by atoms with E-state index in [9.17, 15) is 17.2 Å². The Kier molecular flexibility index (Phi) is 7.00. The topological polar surface area (TPSA) is 58.6 Å². The van der Waals surface area contributed by atoms with Gasteiger partial charge in [0.2, 0.25) is 10.0 Å². The number of hydrogen-bond donors (Lipinski definition) is 1. The van der Waals surface area contributed by atoms with Gasteiger partial charge in [-0.3, -0.25) is 0 Å². The molecule has 0 amide bonds. The molecule has 0 heterocycles. The zero-order valence-electron chi connectivity index (χ0n) is 12.1. The number of ether oxygens (including phenoxy) is 1. The Hall–Kier alpha value is -1.25. The van der Waals surface area contributed by atoms with Crippen molar-refractivity contribution in [2.24, 2.45) is 0 Å². The lowest BCUT2D eigenvalue weighted by Crippen LogP contribution is -2.31. The van der Waals surface area contributed by atoms with Crippen LogP contribution in [0.25, 0.3) is 0 Å². The van der Waals surface area contributed by atoms with Crippen molar-refractivity contribution in [1.82, 2.24) is 9.62 Å². The molecule has 0 aliphatic carbocycles. The van der Waals surface area contributed by atoms with Crippen molar-refractivity contribution in [2.45, 2.75) is 18.2 Å². The first-order valence-electron chi connectivity index (χ1n) is 6.56. The van der Waals surface area contributed by atoms with Gasteiger partial charge in [-0.15, -0.1) is 0 Å². The van der Waals surface area contributed by atoms with Gasteiger partial charge in [-0.2, -0.15) is 4.31 Å². The van der Waals surface area contributed by atoms with Gasteiger partial charge < -0.3 is 10.1 Å². The first-order valence-corrected chi connectivity index (χ1v) is 8.00. The highest BCUT2D eigenvalue weighted by molar-refractivity contribution is 7.89. The quantitative estimate of drug-likeness (QED) is 0.701. The fourth-order valence-corrected chi connectivity index (χ4v) is 2.75. The number of nitrogens with one attached hydrogen (secondary N) is 1. The van der Waals surface area contributed by atoms with E-state index in [1.165, 1.54) is 24.3 Å². The maximum absolute atomic E-state index is 12.3. The van der Waals surface area contributed by atoms with Crippen LogP contribution in [0.1, 0.15) is 6.92 Å². The molecule has 1 rings (SSSR count). The van der Waals surface area contributed by atoms with Gasteiger partial charge in [0.1, 0.15) is 12.4 Å². The van der Waals surface area contributed by atoms with Crippen molar-refractivity contribution in [3.05, 3.63) is 24.3 Å².